The molecule has 0 saturated carbocycles. The van der Waals surface area contributed by atoms with Crippen molar-refractivity contribution in [2.45, 2.75) is 13.0 Å². The van der Waals surface area contributed by atoms with E-state index in [0.717, 1.165) is 5.56 Å². The molecule has 8 heteroatoms. The van der Waals surface area contributed by atoms with E-state index in [9.17, 15) is 9.59 Å². The van der Waals surface area contributed by atoms with Crippen molar-refractivity contribution in [2.24, 2.45) is 4.99 Å². The summed E-state index contributed by atoms with van der Waals surface area (Å²) in [6.45, 7) is 1.90. The summed E-state index contributed by atoms with van der Waals surface area (Å²) in [7, 11) is 1.58. The van der Waals surface area contributed by atoms with Gasteiger partial charge < -0.3 is 14.8 Å². The summed E-state index contributed by atoms with van der Waals surface area (Å²) in [6.07, 6.45) is 7.13. The zero-order valence-corrected chi connectivity index (χ0v) is 22.2. The highest BCUT2D eigenvalue weighted by Gasteiger charge is 2.32. The molecule has 194 valence electrons. The van der Waals surface area contributed by atoms with Gasteiger partial charge in [0.15, 0.2) is 4.80 Å². The van der Waals surface area contributed by atoms with Crippen LogP contribution in [0.4, 0.5) is 5.69 Å². The molecule has 2 heterocycles. The Labute approximate surface area is 229 Å². The molecule has 0 spiro atoms. The van der Waals surface area contributed by atoms with Gasteiger partial charge in [-0.1, -0.05) is 65.8 Å². The topological polar surface area (TPSA) is 81.9 Å². The lowest BCUT2D eigenvalue weighted by atomic mass is 9.95. The van der Waals surface area contributed by atoms with Crippen LogP contribution in [0.5, 0.6) is 11.5 Å². The molecule has 1 aromatic heterocycles. The zero-order chi connectivity index (χ0) is 27.4. The Balaban J connectivity index is 1.68. The zero-order valence-electron chi connectivity index (χ0n) is 21.4. The van der Waals surface area contributed by atoms with Crippen LogP contribution < -0.4 is 29.7 Å². The Kier molecular flexibility index (Phi) is 7.43. The molecule has 0 unspecified atom stereocenters. The molecule has 39 heavy (non-hydrogen) atoms. The summed E-state index contributed by atoms with van der Waals surface area (Å²) in [5, 5.41) is 2.95. The molecule has 0 saturated heterocycles. The number of nitrogens with zero attached hydrogens (tertiary/aromatic N) is 2. The van der Waals surface area contributed by atoms with Gasteiger partial charge in [0, 0.05) is 11.3 Å². The van der Waals surface area contributed by atoms with E-state index in [1.54, 1.807) is 30.7 Å². The van der Waals surface area contributed by atoms with Crippen LogP contribution in [0.2, 0.25) is 0 Å². The van der Waals surface area contributed by atoms with Crippen molar-refractivity contribution in [3.63, 3.8) is 0 Å². The number of benzene rings is 3. The molecule has 1 aliphatic heterocycles. The van der Waals surface area contributed by atoms with Gasteiger partial charge >= 0.3 is 0 Å². The largest absolute Gasteiger partial charge is 0.497 e. The van der Waals surface area contributed by atoms with Crippen LogP contribution in [0.1, 0.15) is 24.1 Å². The average molecular weight is 536 g/mol. The molecule has 0 aliphatic carbocycles. The normalized spacial score (nSPS) is 14.7. The minimum atomic E-state index is -0.713. The summed E-state index contributed by atoms with van der Waals surface area (Å²) < 4.78 is 13.1. The van der Waals surface area contributed by atoms with Crippen LogP contribution in [0.25, 0.3) is 6.08 Å². The van der Waals surface area contributed by atoms with Gasteiger partial charge in [-0.2, -0.15) is 0 Å². The summed E-state index contributed by atoms with van der Waals surface area (Å²) in [4.78, 5) is 32.8. The number of aromatic nitrogens is 1. The van der Waals surface area contributed by atoms with Crippen molar-refractivity contribution in [3.05, 3.63) is 121 Å². The van der Waals surface area contributed by atoms with Crippen molar-refractivity contribution in [2.75, 3.05) is 19.0 Å². The number of nitrogens with one attached hydrogen (secondary N) is 1. The van der Waals surface area contributed by atoms with E-state index in [-0.39, 0.29) is 18.1 Å². The van der Waals surface area contributed by atoms with Gasteiger partial charge in [-0.05, 0) is 48.9 Å². The van der Waals surface area contributed by atoms with E-state index in [0.29, 0.717) is 43.4 Å². The van der Waals surface area contributed by atoms with Crippen LogP contribution in [-0.2, 0) is 4.79 Å². The number of hydrogen-bond acceptors (Lipinski definition) is 6. The van der Waals surface area contributed by atoms with Crippen LogP contribution in [0, 0.1) is 12.3 Å². The third kappa shape index (κ3) is 5.26. The van der Waals surface area contributed by atoms with Gasteiger partial charge in [0.25, 0.3) is 11.5 Å². The molecule has 0 bridgehead atoms. The molecule has 1 amide bonds. The standard InChI is InChI=1S/C31H25N3O4S/c1-4-17-38-25-16-9-8-11-21(25)19-26-30(36)34-28(22-12-10-15-24(18-22)37-3)27(20(2)32-31(34)39-26)29(35)33-23-13-6-5-7-14-23/h1,5-16,18-19,28H,17H2,2-3H3,(H,33,35)/b26-19-/t28-/m0/s1. The van der Waals surface area contributed by atoms with Crippen molar-refractivity contribution >= 4 is 29.0 Å². The fourth-order valence-corrected chi connectivity index (χ4v) is 5.49. The molecule has 0 fully saturated rings. The number of carbonyl (C=O) groups excluding carboxylic acids is 1. The van der Waals surface area contributed by atoms with Gasteiger partial charge in [0.1, 0.15) is 18.1 Å². The third-order valence-corrected chi connectivity index (χ3v) is 7.21. The van der Waals surface area contributed by atoms with Crippen molar-refractivity contribution in [3.8, 4) is 23.8 Å². The van der Waals surface area contributed by atoms with Gasteiger partial charge in [0.05, 0.1) is 29.0 Å². The predicted molar refractivity (Wildman–Crippen MR) is 153 cm³/mol. The number of fused-ring (bicyclic) bond motifs is 1. The van der Waals surface area contributed by atoms with Crippen LogP contribution in [-0.4, -0.2) is 24.2 Å². The number of rotatable bonds is 7. The number of methoxy groups -OCH3 is 1. The monoisotopic (exact) mass is 535 g/mol. The minimum absolute atomic E-state index is 0.112. The van der Waals surface area contributed by atoms with E-state index >= 15 is 0 Å². The number of thiazole rings is 1. The third-order valence-electron chi connectivity index (χ3n) is 6.22. The van der Waals surface area contributed by atoms with Gasteiger partial charge in [-0.3, -0.25) is 14.2 Å². The minimum Gasteiger partial charge on any atom is -0.497 e. The molecule has 5 rings (SSSR count). The molecule has 0 radical (unpaired) electrons. The maximum atomic E-state index is 13.9. The number of para-hydroxylation sites is 2. The number of amides is 1. The molecule has 7 nitrogen and oxygen atoms in total. The van der Waals surface area contributed by atoms with Gasteiger partial charge in [-0.15, -0.1) is 6.42 Å². The second-order valence-electron chi connectivity index (χ2n) is 8.71. The highest BCUT2D eigenvalue weighted by atomic mass is 32.1. The number of hydrogen-bond donors (Lipinski definition) is 1. The first-order valence-corrected chi connectivity index (χ1v) is 13.0. The van der Waals surface area contributed by atoms with Crippen molar-refractivity contribution < 1.29 is 14.3 Å². The number of allylic oxidation sites excluding steroid dienone is 1. The average Bonchev–Trinajstić information content (AvgIpc) is 3.26. The smallest absolute Gasteiger partial charge is 0.271 e. The summed E-state index contributed by atoms with van der Waals surface area (Å²) >= 11 is 1.25. The quantitative estimate of drug-likeness (QED) is 0.364. The van der Waals surface area contributed by atoms with Gasteiger partial charge in [0.2, 0.25) is 0 Å². The lowest BCUT2D eigenvalue weighted by Crippen LogP contribution is -2.40. The Morgan fingerprint density at radius 1 is 1.13 bits per heavy atom. The number of carbonyl (C=O) groups is 1. The lowest BCUT2D eigenvalue weighted by molar-refractivity contribution is -0.113. The molecular formula is C31H25N3O4S. The Hall–Kier alpha value is -4.87. The second-order valence-corrected chi connectivity index (χ2v) is 9.72. The number of ether oxygens (including phenoxy) is 2. The summed E-state index contributed by atoms with van der Waals surface area (Å²) in [6, 6.07) is 23.2. The maximum Gasteiger partial charge on any atom is 0.271 e. The van der Waals surface area contributed by atoms with E-state index in [1.165, 1.54) is 11.3 Å². The SMILES string of the molecule is C#CCOc1ccccc1/C=c1\sc2n(c1=O)[C@@H](c1cccc(OC)c1)C(C(=O)Nc1ccccc1)=C(C)N=2. The summed E-state index contributed by atoms with van der Waals surface area (Å²) in [5.41, 5.74) is 2.73. The molecule has 1 aliphatic rings. The number of terminal acetylenes is 1. The Bertz CT molecular complexity index is 1800. The first-order chi connectivity index (χ1) is 19.0. The fraction of sp³-hybridized carbons (Fsp3) is 0.129. The predicted octanol–water partition coefficient (Wildman–Crippen LogP) is 3.89. The molecule has 3 aromatic carbocycles. The second kappa shape index (κ2) is 11.3. The van der Waals surface area contributed by atoms with E-state index in [4.69, 9.17) is 20.9 Å². The highest BCUT2D eigenvalue weighted by Crippen LogP contribution is 2.32. The van der Waals surface area contributed by atoms with E-state index in [1.807, 2.05) is 72.8 Å². The molecular weight excluding hydrogens is 510 g/mol. The van der Waals surface area contributed by atoms with Crippen molar-refractivity contribution in [1.29, 1.82) is 0 Å². The molecule has 1 N–H and O–H groups in total. The lowest BCUT2D eigenvalue weighted by Gasteiger charge is -2.25. The molecule has 4 aromatic rings. The first kappa shape index (κ1) is 25.8. The van der Waals surface area contributed by atoms with Crippen LogP contribution in [0.3, 0.4) is 0 Å². The Morgan fingerprint density at radius 3 is 2.67 bits per heavy atom. The van der Waals surface area contributed by atoms with Gasteiger partial charge in [-0.25, -0.2) is 4.99 Å². The molecule has 1 atom stereocenters. The Morgan fingerprint density at radius 2 is 1.90 bits per heavy atom. The van der Waals surface area contributed by atoms with E-state index < -0.39 is 6.04 Å². The van der Waals surface area contributed by atoms with Crippen LogP contribution in [0.15, 0.2) is 99.9 Å². The van der Waals surface area contributed by atoms with Crippen molar-refractivity contribution in [1.82, 2.24) is 4.57 Å². The highest BCUT2D eigenvalue weighted by molar-refractivity contribution is 7.07. The maximum absolute atomic E-state index is 13.9. The first-order valence-electron chi connectivity index (χ1n) is 12.2. The fourth-order valence-electron chi connectivity index (χ4n) is 4.45. The number of anilines is 1. The van der Waals surface area contributed by atoms with E-state index in [2.05, 4.69) is 11.2 Å². The summed E-state index contributed by atoms with van der Waals surface area (Å²) in [5.74, 6) is 3.32. The van der Waals surface area contributed by atoms with Crippen LogP contribution >= 0.6 is 11.3 Å².